The van der Waals surface area contributed by atoms with Crippen LogP contribution < -0.4 is 19.6 Å². The number of rotatable bonds is 11. The van der Waals surface area contributed by atoms with Crippen LogP contribution in [-0.2, 0) is 21.4 Å². The lowest BCUT2D eigenvalue weighted by atomic mass is 10.2. The maximum Gasteiger partial charge on any atom is 0.255 e. The summed E-state index contributed by atoms with van der Waals surface area (Å²) >= 11 is 0. The molecule has 1 amide bonds. The fourth-order valence-electron chi connectivity index (χ4n) is 3.43. The number of nitrogens with one attached hydrogen (secondary N) is 1. The van der Waals surface area contributed by atoms with Crippen molar-refractivity contribution < 1.29 is 27.4 Å². The van der Waals surface area contributed by atoms with E-state index < -0.39 is 22.5 Å². The zero-order valence-electron chi connectivity index (χ0n) is 20.6. The second-order valence-electron chi connectivity index (χ2n) is 7.81. The molecule has 0 fully saturated rings. The number of amides is 1. The molecule has 1 N–H and O–H groups in total. The summed E-state index contributed by atoms with van der Waals surface area (Å²) in [5.74, 6) is 0.710. The molecule has 0 aliphatic heterocycles. The lowest BCUT2D eigenvalue weighted by Crippen LogP contribution is -2.39. The number of aryl methyl sites for hydroxylation is 1. The molecule has 0 radical (unpaired) electrons. The quantitative estimate of drug-likeness (QED) is 0.313. The van der Waals surface area contributed by atoms with Gasteiger partial charge in [0.15, 0.2) is 0 Å². The summed E-state index contributed by atoms with van der Waals surface area (Å²) in [6.07, 6.45) is 1.41. The van der Waals surface area contributed by atoms with E-state index in [0.717, 1.165) is 15.4 Å². The van der Waals surface area contributed by atoms with Crippen molar-refractivity contribution in [2.45, 2.75) is 18.4 Å². The summed E-state index contributed by atoms with van der Waals surface area (Å²) in [5, 5.41) is 3.98. The van der Waals surface area contributed by atoms with Gasteiger partial charge in [-0.1, -0.05) is 36.4 Å². The van der Waals surface area contributed by atoms with Gasteiger partial charge in [0, 0.05) is 18.2 Å². The molecule has 10 heteroatoms. The van der Waals surface area contributed by atoms with Crippen LogP contribution in [0, 0.1) is 6.92 Å². The van der Waals surface area contributed by atoms with Crippen LogP contribution in [0.2, 0.25) is 0 Å². The van der Waals surface area contributed by atoms with E-state index in [4.69, 9.17) is 14.2 Å². The van der Waals surface area contributed by atoms with Gasteiger partial charge in [0.25, 0.3) is 5.91 Å². The standard InChI is InChI=1S/C26H29N3O6S/c1-19-10-13-23(34-3)25(14-19)36(31,32)29(17-20-8-6-5-7-9-20)18-26(30)28-27-16-21-11-12-22(33-2)15-24(21)35-4/h5-16H,17-18H2,1-4H3,(H,28,30)/b27-16+. The number of nitrogens with zero attached hydrogens (tertiary/aromatic N) is 2. The smallest absolute Gasteiger partial charge is 0.255 e. The van der Waals surface area contributed by atoms with Crippen molar-refractivity contribution in [3.63, 3.8) is 0 Å². The minimum atomic E-state index is -4.09. The molecule has 0 saturated carbocycles. The first-order chi connectivity index (χ1) is 17.3. The SMILES string of the molecule is COc1ccc(/C=N/NC(=O)CN(Cc2ccccc2)S(=O)(=O)c2cc(C)ccc2OC)c(OC)c1. The first-order valence-corrected chi connectivity index (χ1v) is 12.4. The summed E-state index contributed by atoms with van der Waals surface area (Å²) in [4.78, 5) is 12.8. The van der Waals surface area contributed by atoms with Crippen molar-refractivity contribution in [3.05, 3.63) is 83.4 Å². The molecule has 190 valence electrons. The maximum atomic E-state index is 13.6. The molecule has 3 aromatic rings. The molecule has 0 spiro atoms. The van der Waals surface area contributed by atoms with Crippen LogP contribution in [0.4, 0.5) is 0 Å². The number of hydrogen-bond acceptors (Lipinski definition) is 7. The Hall–Kier alpha value is -3.89. The van der Waals surface area contributed by atoms with Gasteiger partial charge in [-0.15, -0.1) is 0 Å². The maximum absolute atomic E-state index is 13.6. The van der Waals surface area contributed by atoms with E-state index in [9.17, 15) is 13.2 Å². The Morgan fingerprint density at radius 3 is 2.33 bits per heavy atom. The number of benzene rings is 3. The van der Waals surface area contributed by atoms with Crippen LogP contribution in [-0.4, -0.2) is 52.7 Å². The highest BCUT2D eigenvalue weighted by Crippen LogP contribution is 2.29. The highest BCUT2D eigenvalue weighted by atomic mass is 32.2. The third-order valence-electron chi connectivity index (χ3n) is 5.29. The minimum absolute atomic E-state index is 0.0102. The minimum Gasteiger partial charge on any atom is -0.497 e. The molecule has 3 rings (SSSR count). The zero-order chi connectivity index (χ0) is 26.1. The van der Waals surface area contributed by atoms with Gasteiger partial charge < -0.3 is 14.2 Å². The summed E-state index contributed by atoms with van der Waals surface area (Å²) in [6.45, 7) is 1.32. The third kappa shape index (κ3) is 6.61. The van der Waals surface area contributed by atoms with Crippen molar-refractivity contribution >= 4 is 22.1 Å². The van der Waals surface area contributed by atoms with Gasteiger partial charge in [0.2, 0.25) is 10.0 Å². The van der Waals surface area contributed by atoms with Crippen LogP contribution in [0.1, 0.15) is 16.7 Å². The summed E-state index contributed by atoms with van der Waals surface area (Å²) < 4.78 is 44.2. The van der Waals surface area contributed by atoms with Gasteiger partial charge in [-0.25, -0.2) is 13.8 Å². The van der Waals surface area contributed by atoms with Crippen molar-refractivity contribution in [2.75, 3.05) is 27.9 Å². The molecular formula is C26H29N3O6S. The number of carbonyl (C=O) groups is 1. The van der Waals surface area contributed by atoms with Crippen molar-refractivity contribution in [2.24, 2.45) is 5.10 Å². The fourth-order valence-corrected chi connectivity index (χ4v) is 5.06. The molecule has 0 aliphatic rings. The Morgan fingerprint density at radius 2 is 1.67 bits per heavy atom. The van der Waals surface area contributed by atoms with E-state index in [-0.39, 0.29) is 17.2 Å². The fraction of sp³-hybridized carbons (Fsp3) is 0.231. The number of sulfonamides is 1. The highest BCUT2D eigenvalue weighted by molar-refractivity contribution is 7.89. The van der Waals surface area contributed by atoms with E-state index in [1.165, 1.54) is 26.5 Å². The van der Waals surface area contributed by atoms with Crippen molar-refractivity contribution in [3.8, 4) is 17.2 Å². The number of methoxy groups -OCH3 is 3. The highest BCUT2D eigenvalue weighted by Gasteiger charge is 2.30. The topological polar surface area (TPSA) is 107 Å². The molecule has 0 aliphatic carbocycles. The normalized spacial score (nSPS) is 11.5. The van der Waals surface area contributed by atoms with Crippen LogP contribution >= 0.6 is 0 Å². The van der Waals surface area contributed by atoms with E-state index in [1.807, 2.05) is 6.07 Å². The van der Waals surface area contributed by atoms with E-state index in [2.05, 4.69) is 10.5 Å². The molecular weight excluding hydrogens is 482 g/mol. The lowest BCUT2D eigenvalue weighted by Gasteiger charge is -2.23. The molecule has 0 aromatic heterocycles. The second-order valence-corrected chi connectivity index (χ2v) is 9.72. The van der Waals surface area contributed by atoms with Gasteiger partial charge in [-0.2, -0.15) is 9.41 Å². The van der Waals surface area contributed by atoms with E-state index in [1.54, 1.807) is 68.6 Å². The Bertz CT molecular complexity index is 1330. The Labute approximate surface area is 211 Å². The largest absolute Gasteiger partial charge is 0.497 e. The van der Waals surface area contributed by atoms with Gasteiger partial charge >= 0.3 is 0 Å². The predicted molar refractivity (Wildman–Crippen MR) is 137 cm³/mol. The molecule has 0 atom stereocenters. The Balaban J connectivity index is 1.84. The second kappa shape index (κ2) is 12.2. The van der Waals surface area contributed by atoms with Crippen LogP contribution in [0.25, 0.3) is 0 Å². The van der Waals surface area contributed by atoms with Gasteiger partial charge in [-0.05, 0) is 42.3 Å². The molecule has 3 aromatic carbocycles. The number of hydrogen-bond donors (Lipinski definition) is 1. The predicted octanol–water partition coefficient (Wildman–Crippen LogP) is 3.36. The lowest BCUT2D eigenvalue weighted by molar-refractivity contribution is -0.121. The van der Waals surface area contributed by atoms with Crippen LogP contribution in [0.5, 0.6) is 17.2 Å². The van der Waals surface area contributed by atoms with E-state index in [0.29, 0.717) is 17.1 Å². The Morgan fingerprint density at radius 1 is 0.944 bits per heavy atom. The van der Waals surface area contributed by atoms with Crippen molar-refractivity contribution in [1.29, 1.82) is 0 Å². The van der Waals surface area contributed by atoms with Crippen LogP contribution in [0.15, 0.2) is 76.7 Å². The van der Waals surface area contributed by atoms with Crippen LogP contribution in [0.3, 0.4) is 0 Å². The number of carbonyl (C=O) groups excluding carboxylic acids is 1. The summed E-state index contributed by atoms with van der Waals surface area (Å²) in [5.41, 5.74) is 4.48. The molecule has 9 nitrogen and oxygen atoms in total. The first kappa shape index (κ1) is 26.7. The number of hydrazone groups is 1. The number of ether oxygens (including phenoxy) is 3. The van der Waals surface area contributed by atoms with E-state index >= 15 is 0 Å². The van der Waals surface area contributed by atoms with Gasteiger partial charge in [0.05, 0.1) is 34.1 Å². The summed E-state index contributed by atoms with van der Waals surface area (Å²) in [7, 11) is 0.366. The Kier molecular flexibility index (Phi) is 9.04. The van der Waals surface area contributed by atoms with Gasteiger partial charge in [0.1, 0.15) is 22.1 Å². The van der Waals surface area contributed by atoms with Crippen molar-refractivity contribution in [1.82, 2.24) is 9.73 Å². The summed E-state index contributed by atoms with van der Waals surface area (Å²) in [6, 6.07) is 19.1. The van der Waals surface area contributed by atoms with Gasteiger partial charge in [-0.3, -0.25) is 4.79 Å². The third-order valence-corrected chi connectivity index (χ3v) is 7.11. The molecule has 0 bridgehead atoms. The molecule has 36 heavy (non-hydrogen) atoms. The monoisotopic (exact) mass is 511 g/mol. The molecule has 0 heterocycles. The average molecular weight is 512 g/mol. The zero-order valence-corrected chi connectivity index (χ0v) is 21.4. The molecule has 0 unspecified atom stereocenters. The average Bonchev–Trinajstić information content (AvgIpc) is 2.89. The molecule has 0 saturated heterocycles. The first-order valence-electron chi connectivity index (χ1n) is 11.0.